The Hall–Kier alpha value is -0.570. The molecule has 0 aliphatic rings. The zero-order valence-electron chi connectivity index (χ0n) is 10.9. The van der Waals surface area contributed by atoms with Crippen LogP contribution >= 0.6 is 0 Å². The molecular weight excluding hydrogens is 188 g/mol. The monoisotopic (exact) mass is 214 g/mol. The van der Waals surface area contributed by atoms with Crippen LogP contribution in [0.1, 0.15) is 33.6 Å². The average Bonchev–Trinajstić information content (AvgIpc) is 2.17. The summed E-state index contributed by atoms with van der Waals surface area (Å²) in [6.07, 6.45) is 2.29. The number of amides is 1. The number of nitrogens with zero attached hydrogens (tertiary/aromatic N) is 2. The summed E-state index contributed by atoms with van der Waals surface area (Å²) in [5.74, 6) is 0.873. The lowest BCUT2D eigenvalue weighted by molar-refractivity contribution is -0.130. The minimum Gasteiger partial charge on any atom is -0.348 e. The van der Waals surface area contributed by atoms with Crippen molar-refractivity contribution in [3.05, 3.63) is 0 Å². The van der Waals surface area contributed by atoms with Crippen LogP contribution in [0, 0.1) is 5.92 Å². The molecule has 1 amide bonds. The highest BCUT2D eigenvalue weighted by Crippen LogP contribution is 2.05. The lowest BCUT2D eigenvalue weighted by Gasteiger charge is -2.25. The van der Waals surface area contributed by atoms with E-state index in [4.69, 9.17) is 0 Å². The largest absolute Gasteiger partial charge is 0.348 e. The molecule has 0 rings (SSSR count). The number of hydrogen-bond donors (Lipinski definition) is 0. The van der Waals surface area contributed by atoms with Gasteiger partial charge in [-0.3, -0.25) is 9.69 Å². The van der Waals surface area contributed by atoms with Gasteiger partial charge < -0.3 is 4.90 Å². The van der Waals surface area contributed by atoms with Crippen molar-refractivity contribution in [1.82, 2.24) is 9.80 Å². The molecule has 15 heavy (non-hydrogen) atoms. The third kappa shape index (κ3) is 6.50. The molecule has 0 saturated carbocycles. The number of rotatable bonds is 7. The van der Waals surface area contributed by atoms with Crippen molar-refractivity contribution in [2.24, 2.45) is 5.92 Å². The topological polar surface area (TPSA) is 23.6 Å². The van der Waals surface area contributed by atoms with Crippen LogP contribution in [-0.4, -0.2) is 49.4 Å². The molecule has 0 aliphatic heterocycles. The first kappa shape index (κ1) is 14.4. The Kier molecular flexibility index (Phi) is 7.39. The van der Waals surface area contributed by atoms with Crippen LogP contribution in [0.4, 0.5) is 0 Å². The molecule has 0 aromatic heterocycles. The van der Waals surface area contributed by atoms with E-state index in [1.807, 2.05) is 14.1 Å². The molecule has 1 atom stereocenters. The maximum absolute atomic E-state index is 11.6. The SMILES string of the molecule is CCCN(CC(=O)N(C)C)CC(C)CC. The van der Waals surface area contributed by atoms with Crippen molar-refractivity contribution >= 4 is 5.91 Å². The lowest BCUT2D eigenvalue weighted by Crippen LogP contribution is -2.39. The van der Waals surface area contributed by atoms with Gasteiger partial charge in [0.15, 0.2) is 0 Å². The third-order valence-electron chi connectivity index (χ3n) is 2.66. The third-order valence-corrected chi connectivity index (χ3v) is 2.66. The number of likely N-dealkylation sites (N-methyl/N-ethyl adjacent to an activating group) is 1. The Labute approximate surface area is 94.4 Å². The summed E-state index contributed by atoms with van der Waals surface area (Å²) < 4.78 is 0. The molecule has 0 bridgehead atoms. The van der Waals surface area contributed by atoms with Gasteiger partial charge in [0, 0.05) is 20.6 Å². The molecule has 1 unspecified atom stereocenters. The van der Waals surface area contributed by atoms with Crippen LogP contribution in [-0.2, 0) is 4.79 Å². The molecule has 0 N–H and O–H groups in total. The molecule has 0 aromatic carbocycles. The summed E-state index contributed by atoms with van der Waals surface area (Å²) in [5, 5.41) is 0. The van der Waals surface area contributed by atoms with E-state index in [1.165, 1.54) is 6.42 Å². The Bertz CT molecular complexity index is 180. The van der Waals surface area contributed by atoms with Crippen LogP contribution in [0.3, 0.4) is 0 Å². The Balaban J connectivity index is 4.08. The normalized spacial score (nSPS) is 12.9. The van der Waals surface area contributed by atoms with Gasteiger partial charge in [-0.25, -0.2) is 0 Å². The fourth-order valence-electron chi connectivity index (χ4n) is 1.45. The van der Waals surface area contributed by atoms with Gasteiger partial charge in [-0.15, -0.1) is 0 Å². The van der Waals surface area contributed by atoms with Crippen molar-refractivity contribution in [1.29, 1.82) is 0 Å². The van der Waals surface area contributed by atoms with E-state index in [2.05, 4.69) is 25.7 Å². The molecule has 0 spiro atoms. The first-order valence-corrected chi connectivity index (χ1v) is 5.93. The zero-order valence-corrected chi connectivity index (χ0v) is 10.9. The maximum Gasteiger partial charge on any atom is 0.236 e. The smallest absolute Gasteiger partial charge is 0.236 e. The summed E-state index contributed by atoms with van der Waals surface area (Å²) in [6.45, 7) is 9.20. The van der Waals surface area contributed by atoms with Crippen LogP contribution in [0.2, 0.25) is 0 Å². The fourth-order valence-corrected chi connectivity index (χ4v) is 1.45. The van der Waals surface area contributed by atoms with Gasteiger partial charge in [-0.05, 0) is 18.9 Å². The highest BCUT2D eigenvalue weighted by Gasteiger charge is 2.13. The van der Waals surface area contributed by atoms with E-state index in [1.54, 1.807) is 4.90 Å². The molecule has 0 fully saturated rings. The number of hydrogen-bond acceptors (Lipinski definition) is 2. The van der Waals surface area contributed by atoms with Crippen LogP contribution < -0.4 is 0 Å². The van der Waals surface area contributed by atoms with E-state index in [0.29, 0.717) is 12.5 Å². The van der Waals surface area contributed by atoms with Gasteiger partial charge in [-0.2, -0.15) is 0 Å². The van der Waals surface area contributed by atoms with E-state index >= 15 is 0 Å². The van der Waals surface area contributed by atoms with Crippen molar-refractivity contribution in [2.45, 2.75) is 33.6 Å². The first-order chi connectivity index (χ1) is 7.01. The van der Waals surface area contributed by atoms with Crippen molar-refractivity contribution in [2.75, 3.05) is 33.7 Å². The first-order valence-electron chi connectivity index (χ1n) is 5.93. The minimum absolute atomic E-state index is 0.201. The number of carbonyl (C=O) groups is 1. The highest BCUT2D eigenvalue weighted by atomic mass is 16.2. The van der Waals surface area contributed by atoms with E-state index in [0.717, 1.165) is 19.5 Å². The summed E-state index contributed by atoms with van der Waals surface area (Å²) in [6, 6.07) is 0. The summed E-state index contributed by atoms with van der Waals surface area (Å²) in [4.78, 5) is 15.5. The van der Waals surface area contributed by atoms with Gasteiger partial charge in [0.05, 0.1) is 6.54 Å². The molecular formula is C12H26N2O. The van der Waals surface area contributed by atoms with Gasteiger partial charge in [-0.1, -0.05) is 27.2 Å². The zero-order chi connectivity index (χ0) is 11.8. The minimum atomic E-state index is 0.201. The lowest BCUT2D eigenvalue weighted by atomic mass is 10.1. The Morgan fingerprint density at radius 3 is 2.27 bits per heavy atom. The molecule has 0 radical (unpaired) electrons. The van der Waals surface area contributed by atoms with Crippen molar-refractivity contribution in [3.8, 4) is 0 Å². The molecule has 90 valence electrons. The molecule has 0 aliphatic carbocycles. The second-order valence-electron chi connectivity index (χ2n) is 4.54. The van der Waals surface area contributed by atoms with Gasteiger partial charge in [0.2, 0.25) is 5.91 Å². The standard InChI is InChI=1S/C12H26N2O/c1-6-8-14(9-11(3)7-2)10-12(15)13(4)5/h11H,6-10H2,1-5H3. The van der Waals surface area contributed by atoms with Crippen LogP contribution in [0.5, 0.6) is 0 Å². The van der Waals surface area contributed by atoms with Gasteiger partial charge >= 0.3 is 0 Å². The van der Waals surface area contributed by atoms with Gasteiger partial charge in [0.1, 0.15) is 0 Å². The predicted molar refractivity (Wildman–Crippen MR) is 64.9 cm³/mol. The quantitative estimate of drug-likeness (QED) is 0.645. The van der Waals surface area contributed by atoms with E-state index in [9.17, 15) is 4.79 Å². The molecule has 3 nitrogen and oxygen atoms in total. The van der Waals surface area contributed by atoms with E-state index in [-0.39, 0.29) is 5.91 Å². The fraction of sp³-hybridized carbons (Fsp3) is 0.917. The summed E-state index contributed by atoms with van der Waals surface area (Å²) in [7, 11) is 3.63. The van der Waals surface area contributed by atoms with Crippen LogP contribution in [0.25, 0.3) is 0 Å². The molecule has 0 saturated heterocycles. The van der Waals surface area contributed by atoms with Gasteiger partial charge in [0.25, 0.3) is 0 Å². The molecule has 0 aromatic rings. The van der Waals surface area contributed by atoms with E-state index < -0.39 is 0 Å². The predicted octanol–water partition coefficient (Wildman–Crippen LogP) is 1.83. The second kappa shape index (κ2) is 7.69. The van der Waals surface area contributed by atoms with Crippen LogP contribution in [0.15, 0.2) is 0 Å². The average molecular weight is 214 g/mol. The second-order valence-corrected chi connectivity index (χ2v) is 4.54. The highest BCUT2D eigenvalue weighted by molar-refractivity contribution is 5.77. The maximum atomic E-state index is 11.6. The summed E-state index contributed by atoms with van der Waals surface area (Å²) in [5.41, 5.74) is 0. The number of carbonyl (C=O) groups excluding carboxylic acids is 1. The Morgan fingerprint density at radius 1 is 1.27 bits per heavy atom. The van der Waals surface area contributed by atoms with Crippen molar-refractivity contribution in [3.63, 3.8) is 0 Å². The Morgan fingerprint density at radius 2 is 1.87 bits per heavy atom. The molecule has 0 heterocycles. The van der Waals surface area contributed by atoms with Crippen molar-refractivity contribution < 1.29 is 4.79 Å². The summed E-state index contributed by atoms with van der Waals surface area (Å²) >= 11 is 0. The molecule has 3 heteroatoms.